The molecule has 0 heterocycles. The maximum absolute atomic E-state index is 9.20. The van der Waals surface area contributed by atoms with Crippen molar-refractivity contribution in [3.8, 4) is 11.5 Å². The van der Waals surface area contributed by atoms with E-state index in [1.54, 1.807) is 14.2 Å². The molecule has 0 saturated carbocycles. The van der Waals surface area contributed by atoms with Gasteiger partial charge in [-0.25, -0.2) is 0 Å². The fraction of sp³-hybridized carbons (Fsp3) is 0.500. The Hall–Kier alpha value is -1.26. The van der Waals surface area contributed by atoms with Gasteiger partial charge < -0.3 is 19.9 Å². The number of rotatable bonds is 6. The minimum atomic E-state index is -0.428. The van der Waals surface area contributed by atoms with Gasteiger partial charge in [-0.05, 0) is 26.1 Å². The Kier molecular flexibility index (Phi) is 4.58. The van der Waals surface area contributed by atoms with E-state index in [0.29, 0.717) is 6.61 Å². The largest absolute Gasteiger partial charge is 0.497 e. The number of likely N-dealkylation sites (N-methyl/N-ethyl adjacent to an activating group) is 1. The van der Waals surface area contributed by atoms with Crippen molar-refractivity contribution >= 4 is 0 Å². The lowest BCUT2D eigenvalue weighted by molar-refractivity contribution is 0.122. The summed E-state index contributed by atoms with van der Waals surface area (Å²) < 4.78 is 10.7. The summed E-state index contributed by atoms with van der Waals surface area (Å²) >= 11 is 0. The summed E-state index contributed by atoms with van der Waals surface area (Å²) in [7, 11) is 3.41. The van der Waals surface area contributed by atoms with Crippen LogP contribution in [0.25, 0.3) is 0 Å². The van der Waals surface area contributed by atoms with Crippen LogP contribution in [0, 0.1) is 0 Å². The maximum Gasteiger partial charge on any atom is 0.123 e. The SMILES string of the molecule is CNC(C)(CO)COc1cccc(OC)c1. The molecule has 1 rings (SSSR count). The van der Waals surface area contributed by atoms with Gasteiger partial charge in [0.15, 0.2) is 0 Å². The fourth-order valence-corrected chi connectivity index (χ4v) is 1.13. The predicted octanol–water partition coefficient (Wildman–Crippen LogP) is 1.04. The van der Waals surface area contributed by atoms with Crippen LogP contribution in [0.5, 0.6) is 11.5 Å². The quantitative estimate of drug-likeness (QED) is 0.759. The second-order valence-corrected chi connectivity index (χ2v) is 3.94. The molecule has 0 radical (unpaired) electrons. The zero-order valence-corrected chi connectivity index (χ0v) is 9.99. The molecular weight excluding hydrogens is 206 g/mol. The standard InChI is InChI=1S/C12H19NO3/c1-12(8-14,13-2)9-16-11-6-4-5-10(7-11)15-3/h4-7,13-14H,8-9H2,1-3H3. The monoisotopic (exact) mass is 225 g/mol. The number of aliphatic hydroxyl groups is 1. The van der Waals surface area contributed by atoms with E-state index in [-0.39, 0.29) is 6.61 Å². The van der Waals surface area contributed by atoms with Gasteiger partial charge in [-0.1, -0.05) is 6.07 Å². The van der Waals surface area contributed by atoms with Crippen molar-refractivity contribution in [1.82, 2.24) is 5.32 Å². The summed E-state index contributed by atoms with van der Waals surface area (Å²) in [6.07, 6.45) is 0. The molecule has 1 unspecified atom stereocenters. The van der Waals surface area contributed by atoms with E-state index >= 15 is 0 Å². The molecule has 1 aromatic rings. The first-order chi connectivity index (χ1) is 7.63. The average molecular weight is 225 g/mol. The van der Waals surface area contributed by atoms with Gasteiger partial charge in [-0.2, -0.15) is 0 Å². The van der Waals surface area contributed by atoms with Crippen molar-refractivity contribution in [3.05, 3.63) is 24.3 Å². The highest BCUT2D eigenvalue weighted by molar-refractivity contribution is 5.32. The van der Waals surface area contributed by atoms with Crippen LogP contribution >= 0.6 is 0 Å². The smallest absolute Gasteiger partial charge is 0.123 e. The topological polar surface area (TPSA) is 50.7 Å². The van der Waals surface area contributed by atoms with E-state index in [2.05, 4.69) is 5.32 Å². The van der Waals surface area contributed by atoms with Gasteiger partial charge >= 0.3 is 0 Å². The van der Waals surface area contributed by atoms with Gasteiger partial charge in [0, 0.05) is 6.07 Å². The van der Waals surface area contributed by atoms with Gasteiger partial charge in [0.1, 0.15) is 18.1 Å². The van der Waals surface area contributed by atoms with Crippen LogP contribution in [-0.2, 0) is 0 Å². The molecule has 0 fully saturated rings. The van der Waals surface area contributed by atoms with Crippen LogP contribution < -0.4 is 14.8 Å². The van der Waals surface area contributed by atoms with Crippen molar-refractivity contribution in [2.45, 2.75) is 12.5 Å². The van der Waals surface area contributed by atoms with E-state index in [1.807, 2.05) is 31.2 Å². The molecule has 1 aromatic carbocycles. The number of benzene rings is 1. The van der Waals surface area contributed by atoms with Crippen LogP contribution in [0.3, 0.4) is 0 Å². The molecule has 0 saturated heterocycles. The third-order valence-corrected chi connectivity index (χ3v) is 2.55. The Morgan fingerprint density at radius 1 is 1.38 bits per heavy atom. The van der Waals surface area contributed by atoms with Crippen LogP contribution in [0.4, 0.5) is 0 Å². The Morgan fingerprint density at radius 2 is 2.06 bits per heavy atom. The molecule has 90 valence electrons. The van der Waals surface area contributed by atoms with E-state index < -0.39 is 5.54 Å². The van der Waals surface area contributed by atoms with Crippen LogP contribution in [0.15, 0.2) is 24.3 Å². The zero-order valence-electron chi connectivity index (χ0n) is 9.99. The van der Waals surface area contributed by atoms with Crippen molar-refractivity contribution in [1.29, 1.82) is 0 Å². The van der Waals surface area contributed by atoms with E-state index in [9.17, 15) is 5.11 Å². The molecule has 0 bridgehead atoms. The third kappa shape index (κ3) is 3.40. The summed E-state index contributed by atoms with van der Waals surface area (Å²) in [5, 5.41) is 12.2. The van der Waals surface area contributed by atoms with Gasteiger partial charge in [-0.3, -0.25) is 0 Å². The highest BCUT2D eigenvalue weighted by atomic mass is 16.5. The number of ether oxygens (including phenoxy) is 2. The van der Waals surface area contributed by atoms with Crippen LogP contribution in [-0.4, -0.2) is 38.0 Å². The lowest BCUT2D eigenvalue weighted by atomic mass is 10.1. The molecule has 0 aliphatic rings. The minimum Gasteiger partial charge on any atom is -0.497 e. The molecule has 4 nitrogen and oxygen atoms in total. The first kappa shape index (κ1) is 12.8. The molecule has 2 N–H and O–H groups in total. The molecular formula is C12H19NO3. The summed E-state index contributed by atoms with van der Waals surface area (Å²) in [6.45, 7) is 2.31. The molecule has 0 aromatic heterocycles. The highest BCUT2D eigenvalue weighted by Crippen LogP contribution is 2.19. The van der Waals surface area contributed by atoms with Gasteiger partial charge in [0.05, 0.1) is 19.3 Å². The summed E-state index contributed by atoms with van der Waals surface area (Å²) in [6, 6.07) is 7.39. The molecule has 0 aliphatic heterocycles. The van der Waals surface area contributed by atoms with E-state index in [4.69, 9.17) is 9.47 Å². The second kappa shape index (κ2) is 5.72. The Labute approximate surface area is 96.2 Å². The summed E-state index contributed by atoms with van der Waals surface area (Å²) in [4.78, 5) is 0. The number of aliphatic hydroxyl groups excluding tert-OH is 1. The second-order valence-electron chi connectivity index (χ2n) is 3.94. The zero-order chi connectivity index (χ0) is 12.0. The predicted molar refractivity (Wildman–Crippen MR) is 63.0 cm³/mol. The Morgan fingerprint density at radius 3 is 2.62 bits per heavy atom. The molecule has 16 heavy (non-hydrogen) atoms. The van der Waals surface area contributed by atoms with E-state index in [1.165, 1.54) is 0 Å². The normalized spacial score (nSPS) is 14.2. The first-order valence-corrected chi connectivity index (χ1v) is 5.20. The Bertz CT molecular complexity index is 324. The van der Waals surface area contributed by atoms with Gasteiger partial charge in [-0.15, -0.1) is 0 Å². The van der Waals surface area contributed by atoms with Crippen LogP contribution in [0.2, 0.25) is 0 Å². The molecule has 0 aliphatic carbocycles. The maximum atomic E-state index is 9.20. The first-order valence-electron chi connectivity index (χ1n) is 5.20. The van der Waals surface area contributed by atoms with Gasteiger partial charge in [0.25, 0.3) is 0 Å². The molecule has 0 spiro atoms. The highest BCUT2D eigenvalue weighted by Gasteiger charge is 2.21. The minimum absolute atomic E-state index is 0.0213. The van der Waals surface area contributed by atoms with Crippen molar-refractivity contribution in [2.24, 2.45) is 0 Å². The van der Waals surface area contributed by atoms with Crippen molar-refractivity contribution in [3.63, 3.8) is 0 Å². The number of hydrogen-bond acceptors (Lipinski definition) is 4. The van der Waals surface area contributed by atoms with Crippen LogP contribution in [0.1, 0.15) is 6.92 Å². The number of nitrogens with one attached hydrogen (secondary N) is 1. The van der Waals surface area contributed by atoms with Crippen molar-refractivity contribution in [2.75, 3.05) is 27.4 Å². The lowest BCUT2D eigenvalue weighted by Gasteiger charge is -2.26. The number of hydrogen-bond donors (Lipinski definition) is 2. The van der Waals surface area contributed by atoms with Gasteiger partial charge in [0.2, 0.25) is 0 Å². The Balaban J connectivity index is 2.60. The third-order valence-electron chi connectivity index (χ3n) is 2.55. The summed E-state index contributed by atoms with van der Waals surface area (Å²) in [5.41, 5.74) is -0.428. The molecule has 0 amide bonds. The molecule has 4 heteroatoms. The lowest BCUT2D eigenvalue weighted by Crippen LogP contribution is -2.48. The van der Waals surface area contributed by atoms with Crippen molar-refractivity contribution < 1.29 is 14.6 Å². The molecule has 1 atom stereocenters. The average Bonchev–Trinajstić information content (AvgIpc) is 2.36. The summed E-state index contributed by atoms with van der Waals surface area (Å²) in [5.74, 6) is 1.49. The van der Waals surface area contributed by atoms with E-state index in [0.717, 1.165) is 11.5 Å². The fourth-order valence-electron chi connectivity index (χ4n) is 1.13. The number of methoxy groups -OCH3 is 1.